The monoisotopic (exact) mass is 391 g/mol. The molecule has 150 valence electrons. The third kappa shape index (κ3) is 6.48. The number of hydrogen-bond donors (Lipinski definition) is 1. The molecule has 0 radical (unpaired) electrons. The van der Waals surface area contributed by atoms with Crippen LogP contribution in [-0.2, 0) is 11.3 Å². The van der Waals surface area contributed by atoms with Gasteiger partial charge < -0.3 is 10.0 Å². The van der Waals surface area contributed by atoms with Crippen LogP contribution in [0.1, 0.15) is 27.3 Å². The van der Waals surface area contributed by atoms with Crippen molar-refractivity contribution >= 4 is 23.9 Å². The summed E-state index contributed by atoms with van der Waals surface area (Å²) in [5.74, 6) is -1.12. The summed E-state index contributed by atoms with van der Waals surface area (Å²) in [4.78, 5) is 32.1. The molecule has 29 heavy (non-hydrogen) atoms. The van der Waals surface area contributed by atoms with Crippen LogP contribution in [0.15, 0.2) is 54.6 Å². The standard InChI is InChI=1S/C23H25N3O3/c1-25-13-15-26(16-14-25)17-18-5-7-19(8-6-18)22(27)11-9-20-3-2-4-21(24-20)10-12-23(28)29/h2-12H,13-17H2,1H3,(H,28,29)/b11-9+,12-10+. The fourth-order valence-corrected chi connectivity index (χ4v) is 3.11. The number of carboxylic acids is 1. The number of likely N-dealkylation sites (N-methyl/N-ethyl adjacent to an activating group) is 1. The van der Waals surface area contributed by atoms with Crippen LogP contribution in [0.3, 0.4) is 0 Å². The Morgan fingerprint density at radius 1 is 0.966 bits per heavy atom. The zero-order chi connectivity index (χ0) is 20.6. The molecule has 1 aliphatic heterocycles. The minimum absolute atomic E-state index is 0.0931. The first-order chi connectivity index (χ1) is 14.0. The molecular formula is C23H25N3O3. The number of carbonyl (C=O) groups is 2. The zero-order valence-corrected chi connectivity index (χ0v) is 16.5. The lowest BCUT2D eigenvalue weighted by Gasteiger charge is -2.32. The third-order valence-electron chi connectivity index (χ3n) is 4.83. The molecule has 0 aliphatic carbocycles. The molecule has 0 amide bonds. The summed E-state index contributed by atoms with van der Waals surface area (Å²) < 4.78 is 0. The summed E-state index contributed by atoms with van der Waals surface area (Å²) in [5, 5.41) is 8.69. The minimum Gasteiger partial charge on any atom is -0.478 e. The van der Waals surface area contributed by atoms with E-state index in [0.717, 1.165) is 38.8 Å². The van der Waals surface area contributed by atoms with Gasteiger partial charge in [0.05, 0.1) is 11.4 Å². The molecule has 2 heterocycles. The Hall–Kier alpha value is -3.09. The van der Waals surface area contributed by atoms with E-state index < -0.39 is 5.97 Å². The van der Waals surface area contributed by atoms with Gasteiger partial charge in [-0.2, -0.15) is 0 Å². The van der Waals surface area contributed by atoms with Crippen molar-refractivity contribution < 1.29 is 14.7 Å². The molecule has 0 bridgehead atoms. The molecule has 1 aromatic carbocycles. The van der Waals surface area contributed by atoms with Gasteiger partial charge in [-0.1, -0.05) is 30.3 Å². The van der Waals surface area contributed by atoms with Gasteiger partial charge in [0, 0.05) is 44.4 Å². The summed E-state index contributed by atoms with van der Waals surface area (Å²) in [6.07, 6.45) is 5.58. The fraction of sp³-hybridized carbons (Fsp3) is 0.261. The van der Waals surface area contributed by atoms with Crippen LogP contribution in [-0.4, -0.2) is 64.9 Å². The normalized spacial score (nSPS) is 15.9. The zero-order valence-electron chi connectivity index (χ0n) is 16.5. The van der Waals surface area contributed by atoms with Crippen LogP contribution < -0.4 is 0 Å². The van der Waals surface area contributed by atoms with Crippen molar-refractivity contribution in [3.05, 3.63) is 77.1 Å². The van der Waals surface area contributed by atoms with E-state index in [-0.39, 0.29) is 5.78 Å². The van der Waals surface area contributed by atoms with Gasteiger partial charge >= 0.3 is 5.97 Å². The summed E-state index contributed by atoms with van der Waals surface area (Å²) in [6, 6.07) is 13.0. The molecule has 1 aliphatic rings. The molecule has 2 aromatic rings. The molecule has 1 aromatic heterocycles. The van der Waals surface area contributed by atoms with Crippen LogP contribution in [0.25, 0.3) is 12.2 Å². The van der Waals surface area contributed by atoms with Gasteiger partial charge in [0.2, 0.25) is 0 Å². The molecule has 1 saturated heterocycles. The molecule has 3 rings (SSSR count). The van der Waals surface area contributed by atoms with Crippen molar-refractivity contribution in [1.82, 2.24) is 14.8 Å². The van der Waals surface area contributed by atoms with Crippen molar-refractivity contribution in [3.63, 3.8) is 0 Å². The van der Waals surface area contributed by atoms with E-state index in [1.54, 1.807) is 24.3 Å². The Labute approximate surface area is 170 Å². The van der Waals surface area contributed by atoms with Gasteiger partial charge in [0.25, 0.3) is 0 Å². The predicted octanol–water partition coefficient (Wildman–Crippen LogP) is 2.82. The number of piperazine rings is 1. The van der Waals surface area contributed by atoms with Crippen LogP contribution in [0.5, 0.6) is 0 Å². The van der Waals surface area contributed by atoms with Gasteiger partial charge in [0.15, 0.2) is 5.78 Å². The molecule has 1 fully saturated rings. The maximum Gasteiger partial charge on any atom is 0.328 e. The Morgan fingerprint density at radius 2 is 1.59 bits per heavy atom. The van der Waals surface area contributed by atoms with Crippen molar-refractivity contribution in [2.24, 2.45) is 0 Å². The number of ketones is 1. The molecule has 0 saturated carbocycles. The lowest BCUT2D eigenvalue weighted by Crippen LogP contribution is -2.43. The third-order valence-corrected chi connectivity index (χ3v) is 4.83. The first-order valence-electron chi connectivity index (χ1n) is 9.60. The van der Waals surface area contributed by atoms with Crippen molar-refractivity contribution in [2.75, 3.05) is 33.2 Å². The van der Waals surface area contributed by atoms with E-state index in [1.807, 2.05) is 24.3 Å². The van der Waals surface area contributed by atoms with E-state index in [9.17, 15) is 9.59 Å². The average Bonchev–Trinajstić information content (AvgIpc) is 2.73. The molecule has 1 N–H and O–H groups in total. The number of nitrogens with zero attached hydrogens (tertiary/aromatic N) is 3. The Bertz CT molecular complexity index is 911. The van der Waals surface area contributed by atoms with Crippen LogP contribution in [0.4, 0.5) is 0 Å². The number of pyridine rings is 1. The maximum atomic E-state index is 12.4. The number of aliphatic carboxylic acids is 1. The van der Waals surface area contributed by atoms with Gasteiger partial charge in [-0.15, -0.1) is 0 Å². The summed E-state index contributed by atoms with van der Waals surface area (Å²) >= 11 is 0. The molecule has 6 nitrogen and oxygen atoms in total. The van der Waals surface area contributed by atoms with E-state index in [1.165, 1.54) is 17.7 Å². The number of benzene rings is 1. The second kappa shape index (κ2) is 9.91. The van der Waals surface area contributed by atoms with E-state index in [0.29, 0.717) is 17.0 Å². The molecule has 0 spiro atoms. The highest BCUT2D eigenvalue weighted by molar-refractivity contribution is 6.06. The molecular weight excluding hydrogens is 366 g/mol. The average molecular weight is 391 g/mol. The smallest absolute Gasteiger partial charge is 0.328 e. The van der Waals surface area contributed by atoms with Crippen molar-refractivity contribution in [3.8, 4) is 0 Å². The van der Waals surface area contributed by atoms with Crippen LogP contribution in [0.2, 0.25) is 0 Å². The Kier molecular flexibility index (Phi) is 7.05. The maximum absolute atomic E-state index is 12.4. The van der Waals surface area contributed by atoms with Crippen molar-refractivity contribution in [1.29, 1.82) is 0 Å². The number of carbonyl (C=O) groups excluding carboxylic acids is 1. The van der Waals surface area contributed by atoms with Gasteiger partial charge in [-0.3, -0.25) is 9.69 Å². The van der Waals surface area contributed by atoms with Gasteiger partial charge in [-0.05, 0) is 43.0 Å². The number of aromatic nitrogens is 1. The fourth-order valence-electron chi connectivity index (χ4n) is 3.11. The highest BCUT2D eigenvalue weighted by atomic mass is 16.4. The number of allylic oxidation sites excluding steroid dienone is 1. The first-order valence-corrected chi connectivity index (χ1v) is 9.60. The topological polar surface area (TPSA) is 73.7 Å². The summed E-state index contributed by atoms with van der Waals surface area (Å²) in [5.41, 5.74) is 2.95. The van der Waals surface area contributed by atoms with E-state index >= 15 is 0 Å². The number of hydrogen-bond acceptors (Lipinski definition) is 5. The highest BCUT2D eigenvalue weighted by Crippen LogP contribution is 2.11. The van der Waals surface area contributed by atoms with E-state index in [4.69, 9.17) is 5.11 Å². The second-order valence-electron chi connectivity index (χ2n) is 7.13. The first kappa shape index (κ1) is 20.6. The van der Waals surface area contributed by atoms with Crippen LogP contribution >= 0.6 is 0 Å². The Morgan fingerprint density at radius 3 is 2.21 bits per heavy atom. The lowest BCUT2D eigenvalue weighted by atomic mass is 10.1. The Balaban J connectivity index is 1.59. The SMILES string of the molecule is CN1CCN(Cc2ccc(C(=O)/C=C/c3cccc(/C=C/C(=O)O)n3)cc2)CC1. The highest BCUT2D eigenvalue weighted by Gasteiger charge is 2.13. The molecule has 0 atom stereocenters. The van der Waals surface area contributed by atoms with Gasteiger partial charge in [-0.25, -0.2) is 9.78 Å². The quantitative estimate of drug-likeness (QED) is 0.578. The van der Waals surface area contributed by atoms with E-state index in [2.05, 4.69) is 21.8 Å². The number of rotatable bonds is 7. The van der Waals surface area contributed by atoms with Crippen LogP contribution in [0, 0.1) is 0 Å². The molecule has 6 heteroatoms. The largest absolute Gasteiger partial charge is 0.478 e. The summed E-state index contributed by atoms with van der Waals surface area (Å²) in [7, 11) is 2.14. The van der Waals surface area contributed by atoms with Gasteiger partial charge in [0.1, 0.15) is 0 Å². The predicted molar refractivity (Wildman–Crippen MR) is 113 cm³/mol. The lowest BCUT2D eigenvalue weighted by molar-refractivity contribution is -0.131. The second-order valence-corrected chi connectivity index (χ2v) is 7.13. The number of carboxylic acid groups (broad SMARTS) is 1. The molecule has 0 unspecified atom stereocenters. The summed E-state index contributed by atoms with van der Waals surface area (Å²) in [6.45, 7) is 5.20. The van der Waals surface area contributed by atoms with Crippen molar-refractivity contribution in [2.45, 2.75) is 6.54 Å². The minimum atomic E-state index is -1.03.